The Kier molecular flexibility index (Phi) is 3.95. The van der Waals surface area contributed by atoms with Gasteiger partial charge in [0.25, 0.3) is 0 Å². The lowest BCUT2D eigenvalue weighted by molar-refractivity contribution is 0.0598. The second-order valence-electron chi connectivity index (χ2n) is 3.77. The van der Waals surface area contributed by atoms with Crippen molar-refractivity contribution in [2.75, 3.05) is 7.11 Å². The molecule has 0 saturated carbocycles. The van der Waals surface area contributed by atoms with Gasteiger partial charge in [-0.15, -0.1) is 0 Å². The highest BCUT2D eigenvalue weighted by atomic mass is 19.1. The average molecular weight is 227 g/mol. The fourth-order valence-electron chi connectivity index (χ4n) is 1.21. The van der Waals surface area contributed by atoms with Crippen LogP contribution in [-0.2, 0) is 4.74 Å². The number of nitrogens with zero attached hydrogens (tertiary/aromatic N) is 1. The van der Waals surface area contributed by atoms with E-state index in [-0.39, 0.29) is 17.2 Å². The first-order chi connectivity index (χ1) is 7.47. The van der Waals surface area contributed by atoms with Crippen molar-refractivity contribution in [2.45, 2.75) is 20.0 Å². The minimum atomic E-state index is -0.980. The summed E-state index contributed by atoms with van der Waals surface area (Å²) in [5.41, 5.74) is -0.0256. The topological polar surface area (TPSA) is 59.4 Å². The van der Waals surface area contributed by atoms with Crippen LogP contribution in [-0.4, -0.2) is 23.2 Å². The van der Waals surface area contributed by atoms with Crippen LogP contribution in [0.25, 0.3) is 0 Å². The molecule has 1 aromatic heterocycles. The van der Waals surface area contributed by atoms with E-state index in [1.807, 2.05) is 0 Å². The largest absolute Gasteiger partial charge is 0.465 e. The third-order valence-corrected chi connectivity index (χ3v) is 2.20. The fourth-order valence-corrected chi connectivity index (χ4v) is 1.21. The molecule has 1 unspecified atom stereocenters. The number of esters is 1. The molecule has 1 atom stereocenters. The molecule has 1 N–H and O–H groups in total. The number of rotatable bonds is 3. The molecule has 16 heavy (non-hydrogen) atoms. The fraction of sp³-hybridized carbons (Fsp3) is 0.455. The van der Waals surface area contributed by atoms with Crippen LogP contribution in [0.4, 0.5) is 4.39 Å². The lowest BCUT2D eigenvalue weighted by Crippen LogP contribution is -2.12. The van der Waals surface area contributed by atoms with E-state index in [0.717, 1.165) is 6.07 Å². The quantitative estimate of drug-likeness (QED) is 0.798. The number of pyridine rings is 1. The standard InChI is InChI=1S/C11H14FNO3/c1-6(2)10(14)9-8(12)4-7(5-13-9)11(15)16-3/h4-6,10,14H,1-3H3. The van der Waals surface area contributed by atoms with Crippen molar-refractivity contribution in [3.8, 4) is 0 Å². The van der Waals surface area contributed by atoms with E-state index in [4.69, 9.17) is 0 Å². The van der Waals surface area contributed by atoms with Gasteiger partial charge in [-0.25, -0.2) is 9.18 Å². The molecule has 0 aliphatic carbocycles. The minimum absolute atomic E-state index is 0.0275. The average Bonchev–Trinajstić information content (AvgIpc) is 2.26. The third kappa shape index (κ3) is 2.55. The van der Waals surface area contributed by atoms with Gasteiger partial charge in [0, 0.05) is 6.20 Å². The normalized spacial score (nSPS) is 12.6. The molecule has 1 aromatic rings. The number of aliphatic hydroxyl groups excluding tert-OH is 1. The first-order valence-corrected chi connectivity index (χ1v) is 4.89. The van der Waals surface area contributed by atoms with Gasteiger partial charge in [-0.2, -0.15) is 0 Å². The first-order valence-electron chi connectivity index (χ1n) is 4.89. The highest BCUT2D eigenvalue weighted by molar-refractivity contribution is 5.88. The number of carbonyl (C=O) groups excluding carboxylic acids is 1. The molecule has 0 saturated heterocycles. The summed E-state index contributed by atoms with van der Waals surface area (Å²) in [6.07, 6.45) is 0.210. The zero-order valence-corrected chi connectivity index (χ0v) is 9.40. The molecule has 4 nitrogen and oxygen atoms in total. The molecule has 1 rings (SSSR count). The molecule has 0 aliphatic heterocycles. The maximum Gasteiger partial charge on any atom is 0.339 e. The van der Waals surface area contributed by atoms with Crippen molar-refractivity contribution >= 4 is 5.97 Å². The summed E-state index contributed by atoms with van der Waals surface area (Å²) in [5, 5.41) is 9.65. The predicted octanol–water partition coefficient (Wildman–Crippen LogP) is 1.70. The van der Waals surface area contributed by atoms with E-state index in [1.54, 1.807) is 13.8 Å². The van der Waals surface area contributed by atoms with Gasteiger partial charge in [0.2, 0.25) is 0 Å². The number of aromatic nitrogens is 1. The zero-order valence-electron chi connectivity index (χ0n) is 9.40. The Morgan fingerprint density at radius 3 is 2.62 bits per heavy atom. The number of ether oxygens (including phenoxy) is 1. The number of hydrogen-bond donors (Lipinski definition) is 1. The predicted molar refractivity (Wildman–Crippen MR) is 55.3 cm³/mol. The van der Waals surface area contributed by atoms with E-state index >= 15 is 0 Å². The van der Waals surface area contributed by atoms with Crippen molar-refractivity contribution in [1.29, 1.82) is 0 Å². The maximum atomic E-state index is 13.5. The Bertz CT molecular complexity index is 393. The molecule has 0 bridgehead atoms. The van der Waals surface area contributed by atoms with Gasteiger partial charge in [-0.05, 0) is 12.0 Å². The molecular formula is C11H14FNO3. The summed E-state index contributed by atoms with van der Waals surface area (Å²) in [6.45, 7) is 3.50. The smallest absolute Gasteiger partial charge is 0.339 e. The Hall–Kier alpha value is -1.49. The van der Waals surface area contributed by atoms with E-state index in [9.17, 15) is 14.3 Å². The highest BCUT2D eigenvalue weighted by Crippen LogP contribution is 2.22. The van der Waals surface area contributed by atoms with Crippen LogP contribution < -0.4 is 0 Å². The number of methoxy groups -OCH3 is 1. The molecule has 0 amide bonds. The number of hydrogen-bond acceptors (Lipinski definition) is 4. The van der Waals surface area contributed by atoms with Crippen molar-refractivity contribution < 1.29 is 19.0 Å². The third-order valence-electron chi connectivity index (χ3n) is 2.20. The van der Waals surface area contributed by atoms with Gasteiger partial charge in [0.05, 0.1) is 12.7 Å². The van der Waals surface area contributed by atoms with Gasteiger partial charge < -0.3 is 9.84 Å². The van der Waals surface area contributed by atoms with Gasteiger partial charge in [-0.1, -0.05) is 13.8 Å². The van der Waals surface area contributed by atoms with Crippen LogP contribution in [0, 0.1) is 11.7 Å². The van der Waals surface area contributed by atoms with Crippen LogP contribution in [0.1, 0.15) is 36.0 Å². The van der Waals surface area contributed by atoms with Crippen LogP contribution in [0.2, 0.25) is 0 Å². The molecule has 0 aromatic carbocycles. The molecule has 1 heterocycles. The Labute approximate surface area is 93.1 Å². The van der Waals surface area contributed by atoms with Crippen LogP contribution in [0.15, 0.2) is 12.3 Å². The Morgan fingerprint density at radius 1 is 1.56 bits per heavy atom. The van der Waals surface area contributed by atoms with Gasteiger partial charge in [0.15, 0.2) is 0 Å². The lowest BCUT2D eigenvalue weighted by Gasteiger charge is -2.14. The van der Waals surface area contributed by atoms with Crippen molar-refractivity contribution in [2.24, 2.45) is 5.92 Å². The summed E-state index contributed by atoms with van der Waals surface area (Å²) >= 11 is 0. The SMILES string of the molecule is COC(=O)c1cnc(C(O)C(C)C)c(F)c1. The van der Waals surface area contributed by atoms with Gasteiger partial charge in [0.1, 0.15) is 17.6 Å². The molecule has 5 heteroatoms. The van der Waals surface area contributed by atoms with E-state index in [2.05, 4.69) is 9.72 Å². The van der Waals surface area contributed by atoms with Crippen molar-refractivity contribution in [3.63, 3.8) is 0 Å². The Morgan fingerprint density at radius 2 is 2.19 bits per heavy atom. The molecule has 0 fully saturated rings. The minimum Gasteiger partial charge on any atom is -0.465 e. The highest BCUT2D eigenvalue weighted by Gasteiger charge is 2.19. The van der Waals surface area contributed by atoms with E-state index < -0.39 is 17.9 Å². The first kappa shape index (κ1) is 12.6. The molecular weight excluding hydrogens is 213 g/mol. The lowest BCUT2D eigenvalue weighted by atomic mass is 10.0. The van der Waals surface area contributed by atoms with Crippen LogP contribution >= 0.6 is 0 Å². The summed E-state index contributed by atoms with van der Waals surface area (Å²) in [5.74, 6) is -1.51. The summed E-state index contributed by atoms with van der Waals surface area (Å²) < 4.78 is 18.0. The van der Waals surface area contributed by atoms with E-state index in [0.29, 0.717) is 0 Å². The zero-order chi connectivity index (χ0) is 12.3. The number of halogens is 1. The molecule has 0 aliphatic rings. The van der Waals surface area contributed by atoms with Gasteiger partial charge in [-0.3, -0.25) is 4.98 Å². The number of carbonyl (C=O) groups is 1. The molecule has 0 spiro atoms. The van der Waals surface area contributed by atoms with Crippen LogP contribution in [0.3, 0.4) is 0 Å². The summed E-state index contributed by atoms with van der Waals surface area (Å²) in [4.78, 5) is 14.8. The van der Waals surface area contributed by atoms with Crippen LogP contribution in [0.5, 0.6) is 0 Å². The second-order valence-corrected chi connectivity index (χ2v) is 3.77. The molecule has 0 radical (unpaired) electrons. The van der Waals surface area contributed by atoms with E-state index in [1.165, 1.54) is 13.3 Å². The molecule has 88 valence electrons. The monoisotopic (exact) mass is 227 g/mol. The summed E-state index contributed by atoms with van der Waals surface area (Å²) in [6, 6.07) is 1.01. The van der Waals surface area contributed by atoms with Crippen molar-refractivity contribution in [1.82, 2.24) is 4.98 Å². The second kappa shape index (κ2) is 5.03. The van der Waals surface area contributed by atoms with Gasteiger partial charge >= 0.3 is 5.97 Å². The number of aliphatic hydroxyl groups is 1. The maximum absolute atomic E-state index is 13.5. The Balaban J connectivity index is 3.05. The van der Waals surface area contributed by atoms with Crippen molar-refractivity contribution in [3.05, 3.63) is 29.3 Å². The summed E-state index contributed by atoms with van der Waals surface area (Å²) in [7, 11) is 1.21.